The summed E-state index contributed by atoms with van der Waals surface area (Å²) in [6.45, 7) is 0.0906. The normalized spacial score (nSPS) is 8.11. The summed E-state index contributed by atoms with van der Waals surface area (Å²) in [7, 11) is 0. The van der Waals surface area contributed by atoms with E-state index in [1.807, 2.05) is 0 Å². The van der Waals surface area contributed by atoms with E-state index in [2.05, 4.69) is 0 Å². The topological polar surface area (TPSA) is 57.5 Å². The van der Waals surface area contributed by atoms with Gasteiger partial charge in [0.05, 0.1) is 0 Å². The molecule has 0 rings (SSSR count). The van der Waals surface area contributed by atoms with Gasteiger partial charge in [0.15, 0.2) is 0 Å². The van der Waals surface area contributed by atoms with E-state index in [4.69, 9.17) is 10.2 Å². The van der Waals surface area contributed by atoms with Gasteiger partial charge in [0.2, 0.25) is 0 Å². The summed E-state index contributed by atoms with van der Waals surface area (Å²) in [5.74, 6) is -0.793. The first kappa shape index (κ1) is 12.9. The Morgan fingerprint density at radius 2 is 1.89 bits per heavy atom. The summed E-state index contributed by atoms with van der Waals surface area (Å²) in [5, 5.41) is 16.2. The molecule has 9 heavy (non-hydrogen) atoms. The van der Waals surface area contributed by atoms with E-state index < -0.39 is 5.97 Å². The SMILES string of the molecule is O=C(O)CCCCO.[RbH]. The van der Waals surface area contributed by atoms with Crippen molar-refractivity contribution in [3.05, 3.63) is 0 Å². The monoisotopic (exact) mass is 204 g/mol. The number of rotatable bonds is 4. The van der Waals surface area contributed by atoms with Gasteiger partial charge in [-0.05, 0) is 12.8 Å². The first-order valence-corrected chi connectivity index (χ1v) is 2.60. The number of aliphatic carboxylic acids is 1. The Morgan fingerprint density at radius 1 is 1.33 bits per heavy atom. The van der Waals surface area contributed by atoms with Crippen molar-refractivity contribution in [1.29, 1.82) is 0 Å². The summed E-state index contributed by atoms with van der Waals surface area (Å²) in [4.78, 5) is 9.79. The standard InChI is InChI=1S/C5H10O3.Rb.H/c6-4-2-1-3-5(7)8;;/h6H,1-4H2,(H,7,8);;. The number of aliphatic hydroxyl groups excluding tert-OH is 1. The third-order valence-corrected chi connectivity index (χ3v) is 0.799. The van der Waals surface area contributed by atoms with Gasteiger partial charge >= 0.3 is 64.2 Å². The average Bonchev–Trinajstić information content (AvgIpc) is 1.66. The predicted molar refractivity (Wildman–Crippen MR) is 35.7 cm³/mol. The van der Waals surface area contributed by atoms with Crippen molar-refractivity contribution in [2.24, 2.45) is 0 Å². The third-order valence-electron chi connectivity index (χ3n) is 0.799. The molecule has 0 aromatic carbocycles. The maximum atomic E-state index is 9.79. The number of hydrogen-bond donors (Lipinski definition) is 2. The van der Waals surface area contributed by atoms with Gasteiger partial charge in [0.1, 0.15) is 0 Å². The Hall–Kier alpha value is 1.24. The first-order chi connectivity index (χ1) is 3.77. The van der Waals surface area contributed by atoms with Crippen LogP contribution < -0.4 is 0 Å². The van der Waals surface area contributed by atoms with Crippen molar-refractivity contribution in [3.63, 3.8) is 0 Å². The van der Waals surface area contributed by atoms with Gasteiger partial charge in [0, 0.05) is 13.0 Å². The molecule has 0 aliphatic heterocycles. The zero-order chi connectivity index (χ0) is 6.41. The zero-order valence-electron chi connectivity index (χ0n) is 4.63. The van der Waals surface area contributed by atoms with Crippen LogP contribution in [0.25, 0.3) is 0 Å². The molecule has 0 spiro atoms. The van der Waals surface area contributed by atoms with Crippen LogP contribution in [0.1, 0.15) is 19.3 Å². The second kappa shape index (κ2) is 9.24. The molecular weight excluding hydrogens is 194 g/mol. The fourth-order valence-electron chi connectivity index (χ4n) is 0.388. The van der Waals surface area contributed by atoms with Gasteiger partial charge in [-0.2, -0.15) is 0 Å². The Kier molecular flexibility index (Phi) is 13.2. The Morgan fingerprint density at radius 3 is 2.22 bits per heavy atom. The molecule has 4 heteroatoms. The van der Waals surface area contributed by atoms with Gasteiger partial charge in [-0.1, -0.05) is 0 Å². The molecule has 0 bridgehead atoms. The minimum atomic E-state index is -0.793. The van der Waals surface area contributed by atoms with Crippen molar-refractivity contribution in [1.82, 2.24) is 0 Å². The first-order valence-electron chi connectivity index (χ1n) is 2.60. The van der Waals surface area contributed by atoms with Gasteiger partial charge in [0.25, 0.3) is 0 Å². The van der Waals surface area contributed by atoms with Gasteiger partial charge in [-0.15, -0.1) is 0 Å². The number of unbranched alkanes of at least 4 members (excludes halogenated alkanes) is 1. The van der Waals surface area contributed by atoms with Crippen molar-refractivity contribution < 1.29 is 15.0 Å². The summed E-state index contributed by atoms with van der Waals surface area (Å²) in [5.41, 5.74) is 0. The minimum absolute atomic E-state index is 0. The van der Waals surface area contributed by atoms with Gasteiger partial charge < -0.3 is 10.2 Å². The van der Waals surface area contributed by atoms with E-state index in [0.29, 0.717) is 12.8 Å². The number of carboxylic acids is 1. The molecule has 0 fully saturated rings. The van der Waals surface area contributed by atoms with E-state index in [9.17, 15) is 4.79 Å². The van der Waals surface area contributed by atoms with Crippen molar-refractivity contribution in [2.45, 2.75) is 19.3 Å². The van der Waals surface area contributed by atoms with Gasteiger partial charge in [-0.3, -0.25) is 4.79 Å². The van der Waals surface area contributed by atoms with Crippen LogP contribution in [0, 0.1) is 0 Å². The van der Waals surface area contributed by atoms with E-state index in [-0.39, 0.29) is 71.2 Å². The molecule has 0 aromatic heterocycles. The zero-order valence-corrected chi connectivity index (χ0v) is 4.63. The fourth-order valence-corrected chi connectivity index (χ4v) is 0.388. The number of carbonyl (C=O) groups is 1. The molecule has 0 atom stereocenters. The average molecular weight is 205 g/mol. The fraction of sp³-hybridized carbons (Fsp3) is 0.800. The molecule has 0 aliphatic carbocycles. The Bertz CT molecular complexity index is 74.6. The van der Waals surface area contributed by atoms with Gasteiger partial charge in [-0.25, -0.2) is 0 Å². The molecule has 0 saturated carbocycles. The van der Waals surface area contributed by atoms with Crippen molar-refractivity contribution in [3.8, 4) is 0 Å². The Labute approximate surface area is 103 Å². The van der Waals surface area contributed by atoms with Crippen LogP contribution in [0.15, 0.2) is 0 Å². The molecular formula is C5H11O3Rb. The van der Waals surface area contributed by atoms with Crippen LogP contribution >= 0.6 is 0 Å². The van der Waals surface area contributed by atoms with Crippen LogP contribution in [-0.2, 0) is 4.79 Å². The summed E-state index contributed by atoms with van der Waals surface area (Å²) < 4.78 is 0. The number of hydrogen-bond acceptors (Lipinski definition) is 2. The molecule has 3 nitrogen and oxygen atoms in total. The molecule has 50 valence electrons. The molecule has 0 unspecified atom stereocenters. The molecule has 2 N–H and O–H groups in total. The predicted octanol–water partition coefficient (Wildman–Crippen LogP) is -0.415. The second-order valence-electron chi connectivity index (χ2n) is 1.57. The van der Waals surface area contributed by atoms with Crippen molar-refractivity contribution in [2.75, 3.05) is 6.61 Å². The van der Waals surface area contributed by atoms with E-state index >= 15 is 0 Å². The van der Waals surface area contributed by atoms with Crippen LogP contribution in [0.2, 0.25) is 0 Å². The molecule has 0 heterocycles. The summed E-state index contributed by atoms with van der Waals surface area (Å²) in [6, 6.07) is 0. The van der Waals surface area contributed by atoms with E-state index in [0.717, 1.165) is 0 Å². The molecule has 0 aromatic rings. The van der Waals surface area contributed by atoms with Crippen LogP contribution in [0.5, 0.6) is 0 Å². The maximum absolute atomic E-state index is 9.79. The number of aliphatic hydroxyl groups is 1. The molecule has 0 aliphatic rings. The summed E-state index contributed by atoms with van der Waals surface area (Å²) >= 11 is 0. The third kappa shape index (κ3) is 12.4. The quantitative estimate of drug-likeness (QED) is 0.612. The van der Waals surface area contributed by atoms with Crippen LogP contribution in [0.3, 0.4) is 0 Å². The van der Waals surface area contributed by atoms with Crippen LogP contribution in [0.4, 0.5) is 0 Å². The molecule has 0 radical (unpaired) electrons. The number of carboxylic acid groups (broad SMARTS) is 1. The van der Waals surface area contributed by atoms with E-state index in [1.54, 1.807) is 0 Å². The Balaban J connectivity index is 0. The molecule has 0 saturated heterocycles. The summed E-state index contributed by atoms with van der Waals surface area (Å²) in [6.07, 6.45) is 1.33. The van der Waals surface area contributed by atoms with Crippen molar-refractivity contribution >= 4 is 64.2 Å². The van der Waals surface area contributed by atoms with E-state index in [1.165, 1.54) is 0 Å². The molecule has 0 amide bonds. The van der Waals surface area contributed by atoms with Crippen LogP contribution in [-0.4, -0.2) is 81.0 Å². The second-order valence-corrected chi connectivity index (χ2v) is 1.57.